The van der Waals surface area contributed by atoms with E-state index in [2.05, 4.69) is 0 Å². The van der Waals surface area contributed by atoms with E-state index in [1.54, 1.807) is 36.4 Å². The lowest BCUT2D eigenvalue weighted by atomic mass is 10.3. The van der Waals surface area contributed by atoms with Crippen LogP contribution in [0.3, 0.4) is 0 Å². The van der Waals surface area contributed by atoms with Crippen LogP contribution >= 0.6 is 23.2 Å². The molecule has 20 heavy (non-hydrogen) atoms. The van der Waals surface area contributed by atoms with Crippen LogP contribution in [0.5, 0.6) is 11.5 Å². The molecule has 0 amide bonds. The third-order valence-corrected chi connectivity index (χ3v) is 4.59. The van der Waals surface area contributed by atoms with Crippen molar-refractivity contribution in [3.63, 3.8) is 0 Å². The fraction of sp³-hybridized carbons (Fsp3) is 0.143. The molecule has 0 saturated heterocycles. The molecule has 0 fully saturated rings. The summed E-state index contributed by atoms with van der Waals surface area (Å²) >= 11 is 11.8. The van der Waals surface area contributed by atoms with Gasteiger partial charge in [-0.3, -0.25) is 0 Å². The van der Waals surface area contributed by atoms with E-state index in [-0.39, 0.29) is 0 Å². The van der Waals surface area contributed by atoms with Crippen LogP contribution in [0.15, 0.2) is 46.2 Å². The topological polar surface area (TPSA) is 35.5 Å². The molecule has 0 aliphatic rings. The van der Waals surface area contributed by atoms with E-state index in [1.807, 2.05) is 0 Å². The minimum Gasteiger partial charge on any atom is -0.495 e. The predicted molar refractivity (Wildman–Crippen MR) is 80.7 cm³/mol. The number of rotatable bonds is 4. The number of ether oxygens (including phenoxy) is 2. The molecule has 0 atom stereocenters. The molecule has 0 aromatic heterocycles. The van der Waals surface area contributed by atoms with Crippen molar-refractivity contribution in [2.75, 3.05) is 14.2 Å². The summed E-state index contributed by atoms with van der Waals surface area (Å²) in [5.41, 5.74) is 0. The zero-order valence-electron chi connectivity index (χ0n) is 10.9. The summed E-state index contributed by atoms with van der Waals surface area (Å²) in [6.07, 6.45) is 0. The number of halogens is 2. The van der Waals surface area contributed by atoms with Gasteiger partial charge in [0.1, 0.15) is 11.5 Å². The van der Waals surface area contributed by atoms with Gasteiger partial charge in [0.25, 0.3) is 0 Å². The Morgan fingerprint density at radius 1 is 0.850 bits per heavy atom. The summed E-state index contributed by atoms with van der Waals surface area (Å²) in [7, 11) is 1.56. The monoisotopic (exact) mass is 330 g/mol. The molecule has 3 nitrogen and oxygen atoms in total. The first-order valence-corrected chi connectivity index (χ1v) is 7.56. The largest absolute Gasteiger partial charge is 0.495 e. The fourth-order valence-electron chi connectivity index (χ4n) is 1.71. The molecule has 2 aromatic carbocycles. The molecule has 0 spiro atoms. The second-order valence-electron chi connectivity index (χ2n) is 3.86. The third kappa shape index (κ3) is 3.08. The Labute approximate surface area is 129 Å². The molecule has 0 bridgehead atoms. The Bertz CT molecular complexity index is 603. The zero-order valence-corrected chi connectivity index (χ0v) is 13.2. The van der Waals surface area contributed by atoms with E-state index in [4.69, 9.17) is 32.7 Å². The number of benzene rings is 2. The molecule has 106 valence electrons. The van der Waals surface area contributed by atoms with Gasteiger partial charge in [-0.2, -0.15) is 0 Å². The van der Waals surface area contributed by atoms with Gasteiger partial charge in [0.05, 0.1) is 34.8 Å². The van der Waals surface area contributed by atoms with Crippen molar-refractivity contribution >= 4 is 34.0 Å². The first-order valence-electron chi connectivity index (χ1n) is 5.65. The van der Waals surface area contributed by atoms with Crippen LogP contribution in [-0.2, 0) is 10.8 Å². The highest BCUT2D eigenvalue weighted by atomic mass is 35.5. The van der Waals surface area contributed by atoms with Crippen LogP contribution in [0, 0.1) is 0 Å². The first kappa shape index (κ1) is 15.2. The molecule has 2 aromatic rings. The molecule has 0 saturated carbocycles. The van der Waals surface area contributed by atoms with Crippen molar-refractivity contribution < 1.29 is 13.7 Å². The lowest BCUT2D eigenvalue weighted by Gasteiger charge is -2.11. The van der Waals surface area contributed by atoms with Crippen molar-refractivity contribution in [1.29, 1.82) is 0 Å². The van der Waals surface area contributed by atoms with Crippen LogP contribution < -0.4 is 9.47 Å². The van der Waals surface area contributed by atoms with Crippen molar-refractivity contribution in [2.24, 2.45) is 0 Å². The van der Waals surface area contributed by atoms with E-state index in [0.717, 1.165) is 0 Å². The maximum atomic E-state index is 12.7. The highest BCUT2D eigenvalue weighted by molar-refractivity contribution is 7.85. The highest BCUT2D eigenvalue weighted by Gasteiger charge is 2.17. The van der Waals surface area contributed by atoms with Gasteiger partial charge in [0.15, 0.2) is 0 Å². The van der Waals surface area contributed by atoms with Gasteiger partial charge in [-0.15, -0.1) is 0 Å². The Morgan fingerprint density at radius 3 is 1.60 bits per heavy atom. The minimum atomic E-state index is -1.45. The molecule has 2 rings (SSSR count). The Balaban J connectivity index is 2.51. The molecule has 0 aliphatic heterocycles. The first-order chi connectivity index (χ1) is 9.56. The van der Waals surface area contributed by atoms with Crippen LogP contribution in [-0.4, -0.2) is 18.4 Å². The van der Waals surface area contributed by atoms with Crippen molar-refractivity contribution in [3.05, 3.63) is 46.4 Å². The van der Waals surface area contributed by atoms with E-state index in [1.165, 1.54) is 14.2 Å². The fourth-order valence-corrected chi connectivity index (χ4v) is 3.30. The van der Waals surface area contributed by atoms with Crippen molar-refractivity contribution in [2.45, 2.75) is 9.79 Å². The van der Waals surface area contributed by atoms with Crippen LogP contribution in [0.4, 0.5) is 0 Å². The smallest absolute Gasteiger partial charge is 0.136 e. The van der Waals surface area contributed by atoms with Crippen LogP contribution in [0.2, 0.25) is 10.0 Å². The number of hydrogen-bond acceptors (Lipinski definition) is 3. The van der Waals surface area contributed by atoms with Gasteiger partial charge < -0.3 is 9.47 Å². The van der Waals surface area contributed by atoms with E-state index < -0.39 is 10.8 Å². The summed E-state index contributed by atoms with van der Waals surface area (Å²) < 4.78 is 23.1. The Morgan fingerprint density at radius 2 is 1.25 bits per heavy atom. The highest BCUT2D eigenvalue weighted by Crippen LogP contribution is 2.34. The maximum absolute atomic E-state index is 12.7. The van der Waals surface area contributed by atoms with Gasteiger partial charge in [-0.05, 0) is 36.4 Å². The summed E-state index contributed by atoms with van der Waals surface area (Å²) in [5, 5.41) is 1.04. The summed E-state index contributed by atoms with van der Waals surface area (Å²) in [4.78, 5) is 1.05. The summed E-state index contributed by atoms with van der Waals surface area (Å²) in [6.45, 7) is 0. The minimum absolute atomic E-state index is 0.466. The second-order valence-corrected chi connectivity index (χ2v) is 6.15. The zero-order chi connectivity index (χ0) is 14.7. The standard InChI is InChI=1S/C14H12Cl2O3S/c1-18-11-7-9(15)3-5-13(11)20(17)14-6-4-10(16)8-12(14)19-2/h3-8H,1-2H3. The van der Waals surface area contributed by atoms with Crippen molar-refractivity contribution in [1.82, 2.24) is 0 Å². The van der Waals surface area contributed by atoms with Gasteiger partial charge >= 0.3 is 0 Å². The number of hydrogen-bond donors (Lipinski definition) is 0. The van der Waals surface area contributed by atoms with E-state index in [0.29, 0.717) is 31.3 Å². The molecule has 6 heteroatoms. The molecule has 0 heterocycles. The average molecular weight is 331 g/mol. The average Bonchev–Trinajstić information content (AvgIpc) is 2.46. The normalized spacial score (nSPS) is 10.7. The summed E-state index contributed by atoms with van der Waals surface area (Å²) in [6, 6.07) is 9.92. The van der Waals surface area contributed by atoms with Gasteiger partial charge in [0.2, 0.25) is 0 Å². The van der Waals surface area contributed by atoms with E-state index in [9.17, 15) is 4.21 Å². The number of methoxy groups -OCH3 is 2. The SMILES string of the molecule is COc1cc(Cl)ccc1S(=O)c1ccc(Cl)cc1OC. The lowest BCUT2D eigenvalue weighted by molar-refractivity contribution is 0.401. The Hall–Kier alpha value is -1.23. The third-order valence-electron chi connectivity index (χ3n) is 2.65. The van der Waals surface area contributed by atoms with Crippen molar-refractivity contribution in [3.8, 4) is 11.5 Å². The van der Waals surface area contributed by atoms with Gasteiger partial charge in [-0.1, -0.05) is 23.2 Å². The summed E-state index contributed by atoms with van der Waals surface area (Å²) in [5.74, 6) is 0.931. The lowest BCUT2D eigenvalue weighted by Crippen LogP contribution is -1.99. The Kier molecular flexibility index (Phi) is 4.91. The maximum Gasteiger partial charge on any atom is 0.136 e. The van der Waals surface area contributed by atoms with Gasteiger partial charge in [-0.25, -0.2) is 4.21 Å². The van der Waals surface area contributed by atoms with Crippen LogP contribution in [0.25, 0.3) is 0 Å². The molecule has 0 radical (unpaired) electrons. The molecule has 0 unspecified atom stereocenters. The quantitative estimate of drug-likeness (QED) is 0.843. The molecule has 0 aliphatic carbocycles. The predicted octanol–water partition coefficient (Wildman–Crippen LogP) is 4.18. The van der Waals surface area contributed by atoms with Gasteiger partial charge in [0, 0.05) is 10.0 Å². The second kappa shape index (κ2) is 6.48. The van der Waals surface area contributed by atoms with E-state index >= 15 is 0 Å². The van der Waals surface area contributed by atoms with Crippen LogP contribution in [0.1, 0.15) is 0 Å². The molecular formula is C14H12Cl2O3S. The molecular weight excluding hydrogens is 319 g/mol. The molecule has 0 N–H and O–H groups in total.